The fraction of sp³-hybridized carbons (Fsp3) is 0.470. The molecule has 0 fully saturated rings. The van der Waals surface area contributed by atoms with E-state index in [0.29, 0.717) is 123 Å². The van der Waals surface area contributed by atoms with E-state index in [9.17, 15) is 56.7 Å². The van der Waals surface area contributed by atoms with E-state index in [0.717, 1.165) is 48.1 Å². The quantitative estimate of drug-likeness (QED) is 0.00549. The molecule has 0 amide bonds. The Morgan fingerprint density at radius 2 is 0.818 bits per heavy atom. The minimum absolute atomic E-state index is 0.0336. The number of hydrogen-bond acceptors (Lipinski definition) is 16. The number of methoxy groups -OCH3 is 1. The van der Waals surface area contributed by atoms with Crippen LogP contribution in [0.1, 0.15) is 99.8 Å². The minimum Gasteiger partial charge on any atom is -0.469 e. The maximum atomic E-state index is 12.3. The predicted octanol–water partition coefficient (Wildman–Crippen LogP) is 8.09. The third-order valence-corrected chi connectivity index (χ3v) is 34.0. The van der Waals surface area contributed by atoms with Gasteiger partial charge in [0.05, 0.1) is 82.5 Å². The number of carbonyl (C=O) groups excluding carboxylic acids is 1. The minimum atomic E-state index is -4.92. The number of ether oxygens (including phenoxy) is 1. The number of quaternary nitrogens is 2. The molecule has 2 atom stereocenters. The highest BCUT2D eigenvalue weighted by Gasteiger charge is 2.59. The van der Waals surface area contributed by atoms with Gasteiger partial charge in [0.2, 0.25) is 22.6 Å². The molecular weight excluding hydrogens is 1400 g/mol. The summed E-state index contributed by atoms with van der Waals surface area (Å²) in [7, 11) is -18.8. The van der Waals surface area contributed by atoms with Crippen LogP contribution in [-0.2, 0) is 58.2 Å². The van der Waals surface area contributed by atoms with Gasteiger partial charge in [-0.2, -0.15) is 33.7 Å². The molecule has 0 saturated carbocycles. The Bertz CT molecular complexity index is 4580. The standard InChI is InChI=1S/C66H90N10O16S4Si3/c1-9-36-75(38-21-44-93(78,79)80,37-20-10-11-35-58(77)90-4)42-25-48-97(5,6)91-99(92-98(7,8)49-26-43-76(39-22-45-94(81,82)83,40-23-46-95(84,85)86)41-24-47-96(87,88)89)73-63-54-31-16-18-33-56(54)65(73)69-61-52-29-14-15-30-53(52)62(72(61)3)70-66-57-34-19-17-32-55(57)64(74(66)99)68-60-51-28-13-12-27-50(51)59(67-63)71(60)2/h12-19,27-34H,2-3,9-11,20-26,35-49H2,1,4-8H3,(H2-2,78,79,80,81,82,83,84,85,86,87,88,89)/p+2. The Balaban J connectivity index is 1.23. The van der Waals surface area contributed by atoms with Gasteiger partial charge in [0.15, 0.2) is 40.0 Å². The van der Waals surface area contributed by atoms with Crippen LogP contribution in [-0.4, -0.2) is 216 Å². The lowest BCUT2D eigenvalue weighted by Gasteiger charge is -2.43. The Kier molecular flexibility index (Phi) is 22.7. The van der Waals surface area contributed by atoms with Crippen molar-refractivity contribution in [1.29, 1.82) is 0 Å². The van der Waals surface area contributed by atoms with Crippen molar-refractivity contribution in [3.05, 3.63) is 144 Å². The molecule has 536 valence electrons. The molecule has 2 aromatic heterocycles. The highest BCUT2D eigenvalue weighted by molar-refractivity contribution is 7.86. The second-order valence-corrected chi connectivity index (χ2v) is 45.6. The highest BCUT2D eigenvalue weighted by Crippen LogP contribution is 2.45. The van der Waals surface area contributed by atoms with Crippen molar-refractivity contribution < 1.29 is 87.8 Å². The molecule has 2 unspecified atom stereocenters. The Morgan fingerprint density at radius 3 is 1.19 bits per heavy atom. The van der Waals surface area contributed by atoms with Crippen LogP contribution < -0.4 is 11.0 Å². The first-order valence-electron chi connectivity index (χ1n) is 33.6. The molecule has 0 radical (unpaired) electrons. The molecule has 26 nitrogen and oxygen atoms in total. The fourth-order valence-corrected chi connectivity index (χ4v) is 29.3. The summed E-state index contributed by atoms with van der Waals surface area (Å²) in [5.41, 5.74) is 3.93. The summed E-state index contributed by atoms with van der Waals surface area (Å²) in [6.45, 7) is 13.5. The molecular formula is C66H92N10O16S4Si3+2. The molecule has 4 N–H and O–H groups in total. The Morgan fingerprint density at radius 1 is 0.475 bits per heavy atom. The van der Waals surface area contributed by atoms with Crippen LogP contribution in [0.2, 0.25) is 38.3 Å². The van der Waals surface area contributed by atoms with Crippen LogP contribution in [0.15, 0.2) is 117 Å². The zero-order valence-corrected chi connectivity index (χ0v) is 63.4. The molecule has 0 aliphatic carbocycles. The van der Waals surface area contributed by atoms with E-state index in [2.05, 4.69) is 55.7 Å². The summed E-state index contributed by atoms with van der Waals surface area (Å²) in [6.07, 6.45) is 4.08. The molecule has 10 rings (SSSR count). The summed E-state index contributed by atoms with van der Waals surface area (Å²) in [6, 6.07) is 32.4. The number of carbonyl (C=O) groups is 1. The zero-order valence-electron chi connectivity index (χ0n) is 57.1. The largest absolute Gasteiger partial charge is 0.586 e. The SMILES string of the molecule is [CH2-][N+]1=C2N=c3c4ccccc4c4n3[Si](O[Si](C)(C)CCC[N+](CCC)(CCCCCC(=O)OC)CCCS(=O)(=O)O)(O[Si](C)(C)CCC[N+](CCCS(=O)(=O)O)(CCCS(=O)(=O)O)CCCS(=O)(=O)O)n3c(c5ccccc5c3N=C3c5ccccc5C(=[N+]3[CH2-])N=4)N=C1c1ccccc12. The van der Waals surface area contributed by atoms with E-state index in [1.807, 2.05) is 97.1 Å². The average Bonchev–Trinajstić information content (AvgIpc) is 1.53. The molecule has 6 bridgehead atoms. The number of benzene rings is 4. The van der Waals surface area contributed by atoms with Crippen molar-refractivity contribution in [2.75, 3.05) is 82.5 Å². The highest BCUT2D eigenvalue weighted by atomic mass is 32.2. The normalized spacial score (nSPS) is 17.0. The average molecular weight is 1490 g/mol. The first kappa shape index (κ1) is 75.2. The maximum absolute atomic E-state index is 12.3. The molecule has 0 spiro atoms. The first-order chi connectivity index (χ1) is 46.6. The number of unbranched alkanes of at least 4 members (excludes halogenated alkanes) is 2. The Hall–Kier alpha value is -6.42. The van der Waals surface area contributed by atoms with Crippen LogP contribution in [0.5, 0.6) is 0 Å². The van der Waals surface area contributed by atoms with E-state index < -0.39 is 89.0 Å². The van der Waals surface area contributed by atoms with E-state index >= 15 is 0 Å². The van der Waals surface area contributed by atoms with Crippen LogP contribution in [0.3, 0.4) is 0 Å². The second kappa shape index (κ2) is 29.9. The van der Waals surface area contributed by atoms with Crippen LogP contribution >= 0.6 is 0 Å². The molecule has 4 aromatic carbocycles. The fourth-order valence-electron chi connectivity index (χ4n) is 14.8. The number of esters is 1. The van der Waals surface area contributed by atoms with Gasteiger partial charge in [-0.15, -0.1) is 20.0 Å². The van der Waals surface area contributed by atoms with Gasteiger partial charge >= 0.3 is 14.9 Å². The van der Waals surface area contributed by atoms with E-state index in [1.54, 1.807) is 9.15 Å². The number of aromatic nitrogens is 2. The summed E-state index contributed by atoms with van der Waals surface area (Å²) >= 11 is 0. The summed E-state index contributed by atoms with van der Waals surface area (Å²) in [5, 5.41) is 2.80. The van der Waals surface area contributed by atoms with Gasteiger partial charge in [-0.1, -0.05) is 93.8 Å². The number of amidine groups is 4. The zero-order chi connectivity index (χ0) is 71.6. The van der Waals surface area contributed by atoms with Crippen LogP contribution in [0, 0.1) is 14.1 Å². The second-order valence-electron chi connectivity index (χ2n) is 27.6. The maximum Gasteiger partial charge on any atom is 0.586 e. The van der Waals surface area contributed by atoms with E-state index in [4.69, 9.17) is 32.9 Å². The topological polar surface area (TPSA) is 328 Å². The lowest BCUT2D eigenvalue weighted by molar-refractivity contribution is -0.928. The van der Waals surface area contributed by atoms with Gasteiger partial charge < -0.3 is 31.1 Å². The summed E-state index contributed by atoms with van der Waals surface area (Å²) < 4.78 is 169. The number of fused-ring (bicyclic) bond motifs is 14. The van der Waals surface area contributed by atoms with Crippen molar-refractivity contribution in [2.45, 2.75) is 116 Å². The van der Waals surface area contributed by atoms with Crippen molar-refractivity contribution in [2.24, 2.45) is 20.0 Å². The lowest BCUT2D eigenvalue weighted by atomic mass is 10.1. The number of aliphatic imine (C=N–C) groups is 2. The van der Waals surface area contributed by atoms with Crippen LogP contribution in [0.25, 0.3) is 21.5 Å². The predicted molar refractivity (Wildman–Crippen MR) is 388 cm³/mol. The van der Waals surface area contributed by atoms with Gasteiger partial charge in [-0.25, -0.2) is 8.47 Å². The van der Waals surface area contributed by atoms with Crippen molar-refractivity contribution in [1.82, 2.24) is 8.47 Å². The lowest BCUT2D eigenvalue weighted by Crippen LogP contribution is -2.70. The van der Waals surface area contributed by atoms with Gasteiger partial charge in [-0.3, -0.25) is 23.0 Å². The third kappa shape index (κ3) is 17.6. The molecule has 6 aromatic rings. The van der Waals surface area contributed by atoms with E-state index in [-0.39, 0.29) is 68.7 Å². The third-order valence-electron chi connectivity index (χ3n) is 19.1. The molecule has 99 heavy (non-hydrogen) atoms. The van der Waals surface area contributed by atoms with Gasteiger partial charge in [0.1, 0.15) is 0 Å². The van der Waals surface area contributed by atoms with Crippen LogP contribution in [0.4, 0.5) is 11.6 Å². The summed E-state index contributed by atoms with van der Waals surface area (Å²) in [4.78, 5) is 35.3. The van der Waals surface area contributed by atoms with E-state index in [1.165, 1.54) is 7.11 Å². The Labute approximate surface area is 583 Å². The van der Waals surface area contributed by atoms with Crippen molar-refractivity contribution >= 4 is 128 Å². The molecule has 0 saturated heterocycles. The smallest absolute Gasteiger partial charge is 0.469 e. The number of rotatable bonds is 36. The molecule has 6 heterocycles. The molecule has 33 heteroatoms. The van der Waals surface area contributed by atoms with Crippen molar-refractivity contribution in [3.63, 3.8) is 0 Å². The first-order valence-corrected chi connectivity index (χ1v) is 48.0. The summed E-state index contributed by atoms with van der Waals surface area (Å²) in [5.74, 6) is 0.235. The number of nitrogens with zero attached hydrogens (tertiary/aromatic N) is 10. The van der Waals surface area contributed by atoms with Gasteiger partial charge in [0, 0.05) is 53.6 Å². The van der Waals surface area contributed by atoms with Crippen molar-refractivity contribution in [3.8, 4) is 0 Å². The number of hydrogen-bond donors (Lipinski definition) is 4. The van der Waals surface area contributed by atoms with Gasteiger partial charge in [0.25, 0.3) is 40.5 Å². The monoisotopic (exact) mass is 1490 g/mol. The molecule has 4 aliphatic heterocycles. The molecule has 4 aliphatic rings. The van der Waals surface area contributed by atoms with Gasteiger partial charge in [-0.05, 0) is 123 Å².